The molecule has 0 atom stereocenters. The molecule has 0 bridgehead atoms. The first-order chi connectivity index (χ1) is 12.5. The molecular weight excluding hydrogens is 367 g/mol. The average Bonchev–Trinajstić information content (AvgIpc) is 2.61. The SMILES string of the molecule is Cc1ccccc1O[PH](Cl)(Oc1ccccc1C)Oc1ccccc1C. The first kappa shape index (κ1) is 18.6. The van der Waals surface area contributed by atoms with Crippen LogP contribution in [0.5, 0.6) is 17.2 Å². The van der Waals surface area contributed by atoms with E-state index in [1.165, 1.54) is 0 Å². The number of aryl methyl sites for hydroxylation is 3. The van der Waals surface area contributed by atoms with Crippen LogP contribution in [-0.4, -0.2) is 0 Å². The van der Waals surface area contributed by atoms with E-state index >= 15 is 0 Å². The molecule has 0 aliphatic carbocycles. The Balaban J connectivity index is 1.96. The Bertz CT molecular complexity index is 782. The molecule has 0 unspecified atom stereocenters. The Morgan fingerprint density at radius 3 is 1.08 bits per heavy atom. The fraction of sp³-hybridized carbons (Fsp3) is 0.143. The summed E-state index contributed by atoms with van der Waals surface area (Å²) in [7, 11) is -3.59. The summed E-state index contributed by atoms with van der Waals surface area (Å²) in [5, 5.41) is 0. The second kappa shape index (κ2) is 7.99. The van der Waals surface area contributed by atoms with Gasteiger partial charge in [0, 0.05) is 0 Å². The Kier molecular flexibility index (Phi) is 5.70. The molecule has 0 N–H and O–H groups in total. The van der Waals surface area contributed by atoms with Crippen molar-refractivity contribution in [2.45, 2.75) is 20.8 Å². The summed E-state index contributed by atoms with van der Waals surface area (Å²) in [6, 6.07) is 23.0. The number of hydrogen-bond donors (Lipinski definition) is 0. The monoisotopic (exact) mass is 388 g/mol. The van der Waals surface area contributed by atoms with E-state index in [-0.39, 0.29) is 0 Å². The molecule has 26 heavy (non-hydrogen) atoms. The van der Waals surface area contributed by atoms with Crippen LogP contribution in [-0.2, 0) is 0 Å². The van der Waals surface area contributed by atoms with Gasteiger partial charge in [-0.3, -0.25) is 0 Å². The molecule has 0 saturated carbocycles. The molecule has 0 radical (unpaired) electrons. The van der Waals surface area contributed by atoms with Gasteiger partial charge < -0.3 is 0 Å². The summed E-state index contributed by atoms with van der Waals surface area (Å²) < 4.78 is 18.3. The molecule has 0 aliphatic rings. The van der Waals surface area contributed by atoms with Crippen LogP contribution >= 0.6 is 18.5 Å². The first-order valence-corrected chi connectivity index (χ1v) is 11.1. The zero-order valence-corrected chi connectivity index (χ0v) is 16.8. The van der Waals surface area contributed by atoms with Crippen LogP contribution < -0.4 is 13.6 Å². The summed E-state index contributed by atoms with van der Waals surface area (Å²) in [5.41, 5.74) is 2.89. The normalized spacial score (nSPS) is 11.7. The van der Waals surface area contributed by atoms with Crippen molar-refractivity contribution in [3.05, 3.63) is 89.5 Å². The molecule has 3 aromatic carbocycles. The summed E-state index contributed by atoms with van der Waals surface area (Å²) in [5.74, 6) is 1.95. The summed E-state index contributed by atoms with van der Waals surface area (Å²) in [6.45, 7) is 5.88. The van der Waals surface area contributed by atoms with Gasteiger partial charge in [0.1, 0.15) is 0 Å². The number of benzene rings is 3. The van der Waals surface area contributed by atoms with Gasteiger partial charge in [0.15, 0.2) is 0 Å². The van der Waals surface area contributed by atoms with Crippen molar-refractivity contribution in [1.82, 2.24) is 0 Å². The van der Waals surface area contributed by atoms with Gasteiger partial charge in [0.05, 0.1) is 0 Å². The molecule has 0 amide bonds. The number of para-hydroxylation sites is 3. The van der Waals surface area contributed by atoms with Gasteiger partial charge in [-0.2, -0.15) is 0 Å². The van der Waals surface area contributed by atoms with Crippen molar-refractivity contribution in [2.75, 3.05) is 0 Å². The van der Waals surface area contributed by atoms with Crippen LogP contribution in [0.15, 0.2) is 72.8 Å². The predicted octanol–water partition coefficient (Wildman–Crippen LogP) is 6.80. The maximum atomic E-state index is 6.83. The maximum absolute atomic E-state index is 6.83. The van der Waals surface area contributed by atoms with E-state index in [1.807, 2.05) is 93.6 Å². The molecule has 3 rings (SSSR count). The topological polar surface area (TPSA) is 27.7 Å². The molecule has 0 fully saturated rings. The molecule has 0 aliphatic heterocycles. The van der Waals surface area contributed by atoms with E-state index in [9.17, 15) is 0 Å². The minimum absolute atomic E-state index is 0.649. The van der Waals surface area contributed by atoms with Gasteiger partial charge >= 0.3 is 160 Å². The van der Waals surface area contributed by atoms with Crippen LogP contribution in [0.4, 0.5) is 0 Å². The Morgan fingerprint density at radius 2 is 0.808 bits per heavy atom. The molecule has 5 heteroatoms. The zero-order valence-electron chi connectivity index (χ0n) is 15.0. The molecule has 0 heterocycles. The Hall–Kier alpha value is -2.22. The van der Waals surface area contributed by atoms with Crippen molar-refractivity contribution < 1.29 is 13.6 Å². The van der Waals surface area contributed by atoms with Crippen LogP contribution in [0.2, 0.25) is 0 Å². The fourth-order valence-electron chi connectivity index (χ4n) is 2.47. The summed E-state index contributed by atoms with van der Waals surface area (Å²) in [6.07, 6.45) is 0. The van der Waals surface area contributed by atoms with Gasteiger partial charge in [-0.05, 0) is 0 Å². The van der Waals surface area contributed by atoms with Crippen LogP contribution in [0.3, 0.4) is 0 Å². The average molecular weight is 389 g/mol. The molecular formula is C21H22ClO3P. The van der Waals surface area contributed by atoms with Gasteiger partial charge in [-0.15, -0.1) is 0 Å². The molecule has 0 aromatic heterocycles. The quantitative estimate of drug-likeness (QED) is 0.435. The second-order valence-corrected chi connectivity index (χ2v) is 9.05. The van der Waals surface area contributed by atoms with E-state index in [1.54, 1.807) is 0 Å². The van der Waals surface area contributed by atoms with Crippen molar-refractivity contribution in [1.29, 1.82) is 0 Å². The fourth-order valence-corrected chi connectivity index (χ4v) is 4.82. The Labute approximate surface area is 159 Å². The third-order valence-corrected chi connectivity index (χ3v) is 6.06. The van der Waals surface area contributed by atoms with E-state index < -0.39 is 7.30 Å². The van der Waals surface area contributed by atoms with Crippen LogP contribution in [0.1, 0.15) is 16.7 Å². The minimum atomic E-state index is -3.59. The van der Waals surface area contributed by atoms with E-state index in [4.69, 9.17) is 24.8 Å². The summed E-state index contributed by atoms with van der Waals surface area (Å²) in [4.78, 5) is 0. The standard InChI is InChI=1S/C21H22ClO3P/c1-16-10-4-7-13-19(16)23-26(22,24-20-14-8-5-11-17(20)2)25-21-15-9-6-12-18(21)3/h4-15,26H,1-3H3. The second-order valence-electron chi connectivity index (χ2n) is 6.08. The predicted molar refractivity (Wildman–Crippen MR) is 110 cm³/mol. The molecule has 0 saturated heterocycles. The van der Waals surface area contributed by atoms with Crippen molar-refractivity contribution in [3.8, 4) is 17.2 Å². The number of hydrogen-bond acceptors (Lipinski definition) is 3. The van der Waals surface area contributed by atoms with E-state index in [0.717, 1.165) is 16.7 Å². The van der Waals surface area contributed by atoms with Crippen LogP contribution in [0, 0.1) is 20.8 Å². The number of halogens is 1. The van der Waals surface area contributed by atoms with E-state index in [2.05, 4.69) is 0 Å². The Morgan fingerprint density at radius 1 is 0.538 bits per heavy atom. The third kappa shape index (κ3) is 4.49. The van der Waals surface area contributed by atoms with Gasteiger partial charge in [0.2, 0.25) is 0 Å². The van der Waals surface area contributed by atoms with Crippen LogP contribution in [0.25, 0.3) is 0 Å². The first-order valence-electron chi connectivity index (χ1n) is 8.40. The van der Waals surface area contributed by atoms with Gasteiger partial charge in [0.25, 0.3) is 0 Å². The van der Waals surface area contributed by atoms with Crippen molar-refractivity contribution in [3.63, 3.8) is 0 Å². The number of rotatable bonds is 6. The van der Waals surface area contributed by atoms with Crippen molar-refractivity contribution in [2.24, 2.45) is 0 Å². The van der Waals surface area contributed by atoms with Gasteiger partial charge in [-0.25, -0.2) is 0 Å². The molecule has 136 valence electrons. The van der Waals surface area contributed by atoms with Gasteiger partial charge in [-0.1, -0.05) is 0 Å². The zero-order chi connectivity index (χ0) is 18.6. The molecule has 3 nitrogen and oxygen atoms in total. The van der Waals surface area contributed by atoms with Crippen molar-refractivity contribution >= 4 is 18.5 Å². The molecule has 0 spiro atoms. The third-order valence-electron chi connectivity index (χ3n) is 3.98. The van der Waals surface area contributed by atoms with E-state index in [0.29, 0.717) is 17.2 Å². The molecule has 3 aromatic rings. The summed E-state index contributed by atoms with van der Waals surface area (Å²) >= 11 is 6.83.